The van der Waals surface area contributed by atoms with Gasteiger partial charge in [0, 0.05) is 25.5 Å². The zero-order valence-corrected chi connectivity index (χ0v) is 21.7. The fraction of sp³-hybridized carbons (Fsp3) is 0.333. The summed E-state index contributed by atoms with van der Waals surface area (Å²) < 4.78 is 18.5. The Balaban J connectivity index is 1.23. The number of hydrogen-bond donors (Lipinski definition) is 1. The van der Waals surface area contributed by atoms with E-state index in [1.807, 2.05) is 43.1 Å². The fourth-order valence-electron chi connectivity index (χ4n) is 4.44. The summed E-state index contributed by atoms with van der Waals surface area (Å²) in [6.07, 6.45) is 3.45. The molecule has 0 unspecified atom stereocenters. The number of carbonyl (C=O) groups excluding carboxylic acids is 1. The summed E-state index contributed by atoms with van der Waals surface area (Å²) in [6.45, 7) is 4.82. The zero-order chi connectivity index (χ0) is 25.8. The molecule has 5 rings (SSSR count). The molecule has 37 heavy (non-hydrogen) atoms. The lowest BCUT2D eigenvalue weighted by molar-refractivity contribution is -0.149. The van der Waals surface area contributed by atoms with E-state index < -0.39 is 0 Å². The van der Waals surface area contributed by atoms with E-state index in [0.29, 0.717) is 11.7 Å². The van der Waals surface area contributed by atoms with Crippen molar-refractivity contribution in [2.45, 2.75) is 26.3 Å². The van der Waals surface area contributed by atoms with E-state index in [0.717, 1.165) is 65.7 Å². The predicted octanol–water partition coefficient (Wildman–Crippen LogP) is 5.51. The molecule has 0 atom stereocenters. The number of esters is 1. The number of halogens is 1. The number of anilines is 4. The van der Waals surface area contributed by atoms with Crippen molar-refractivity contribution >= 4 is 50.1 Å². The number of thiazole rings is 1. The Bertz CT molecular complexity index is 1370. The molecule has 8 nitrogen and oxygen atoms in total. The van der Waals surface area contributed by atoms with Gasteiger partial charge in [-0.1, -0.05) is 11.3 Å². The number of nitrogens with one attached hydrogen (secondary N) is 1. The van der Waals surface area contributed by atoms with Gasteiger partial charge in [-0.3, -0.25) is 9.69 Å². The minimum Gasteiger partial charge on any atom is -0.466 e. The molecule has 1 N–H and O–H groups in total. The molecule has 1 fully saturated rings. The van der Waals surface area contributed by atoms with Gasteiger partial charge in [-0.05, 0) is 86.9 Å². The van der Waals surface area contributed by atoms with Crippen LogP contribution in [0, 0.1) is 11.7 Å². The Morgan fingerprint density at radius 2 is 1.95 bits per heavy atom. The monoisotopic (exact) mass is 520 g/mol. The topological polar surface area (TPSA) is 83.5 Å². The maximum absolute atomic E-state index is 13.3. The van der Waals surface area contributed by atoms with E-state index in [4.69, 9.17) is 9.72 Å². The maximum Gasteiger partial charge on any atom is 0.309 e. The van der Waals surface area contributed by atoms with Crippen molar-refractivity contribution in [3.05, 3.63) is 66.1 Å². The summed E-state index contributed by atoms with van der Waals surface area (Å²) >= 11 is 1.46. The predicted molar refractivity (Wildman–Crippen MR) is 144 cm³/mol. The van der Waals surface area contributed by atoms with Crippen molar-refractivity contribution in [3.63, 3.8) is 0 Å². The molecule has 4 aromatic rings. The molecule has 0 bridgehead atoms. The highest BCUT2D eigenvalue weighted by Gasteiger charge is 2.26. The number of likely N-dealkylation sites (tertiary alicyclic amines) is 1. The average Bonchev–Trinajstić information content (AvgIpc) is 3.31. The first kappa shape index (κ1) is 25.0. The number of pyridine rings is 2. The minimum atomic E-state index is -0.269. The van der Waals surface area contributed by atoms with Gasteiger partial charge < -0.3 is 15.0 Å². The molecule has 0 radical (unpaired) electrons. The lowest BCUT2D eigenvalue weighted by atomic mass is 9.97. The number of carbonyl (C=O) groups is 1. The minimum absolute atomic E-state index is 0.00880. The van der Waals surface area contributed by atoms with E-state index in [1.165, 1.54) is 23.5 Å². The summed E-state index contributed by atoms with van der Waals surface area (Å²) in [7, 11) is 1.90. The molecule has 3 aromatic heterocycles. The maximum atomic E-state index is 13.3. The van der Waals surface area contributed by atoms with Crippen molar-refractivity contribution in [2.75, 3.05) is 37.0 Å². The summed E-state index contributed by atoms with van der Waals surface area (Å²) in [4.78, 5) is 30.9. The van der Waals surface area contributed by atoms with Crippen LogP contribution < -0.4 is 10.2 Å². The number of nitrogens with zero attached hydrogens (tertiary/aromatic N) is 5. The van der Waals surface area contributed by atoms with Crippen molar-refractivity contribution in [1.82, 2.24) is 19.9 Å². The van der Waals surface area contributed by atoms with Gasteiger partial charge in [-0.2, -0.15) is 0 Å². The highest BCUT2D eigenvalue weighted by Crippen LogP contribution is 2.30. The molecule has 192 valence electrons. The van der Waals surface area contributed by atoms with Gasteiger partial charge in [-0.15, -0.1) is 0 Å². The Morgan fingerprint density at radius 3 is 2.70 bits per heavy atom. The first-order valence-corrected chi connectivity index (χ1v) is 13.2. The van der Waals surface area contributed by atoms with Gasteiger partial charge in [0.25, 0.3) is 0 Å². The molecule has 1 saturated heterocycles. The van der Waals surface area contributed by atoms with Gasteiger partial charge in [0.2, 0.25) is 0 Å². The Morgan fingerprint density at radius 1 is 1.16 bits per heavy atom. The number of fused-ring (bicyclic) bond motifs is 1. The van der Waals surface area contributed by atoms with E-state index in [-0.39, 0.29) is 17.7 Å². The third-order valence-electron chi connectivity index (χ3n) is 6.47. The van der Waals surface area contributed by atoms with E-state index in [2.05, 4.69) is 20.2 Å². The molecule has 0 saturated carbocycles. The molecule has 0 aliphatic carbocycles. The third kappa shape index (κ3) is 6.03. The van der Waals surface area contributed by atoms with E-state index in [1.54, 1.807) is 18.3 Å². The summed E-state index contributed by atoms with van der Waals surface area (Å²) in [5.41, 5.74) is 2.79. The number of benzene rings is 1. The molecule has 0 amide bonds. The van der Waals surface area contributed by atoms with Gasteiger partial charge in [0.05, 0.1) is 12.5 Å². The number of piperidine rings is 1. The SMILES string of the molecule is CCOC(=O)C1CCN(Cc2ccnc(Nc3nc4ccc(N(C)c5ccc(F)cc5)nc4s3)c2)CC1. The highest BCUT2D eigenvalue weighted by atomic mass is 32.1. The quantitative estimate of drug-likeness (QED) is 0.305. The van der Waals surface area contributed by atoms with Crippen LogP contribution in [0.25, 0.3) is 10.3 Å². The lowest BCUT2D eigenvalue weighted by Crippen LogP contribution is -2.36. The number of aromatic nitrogens is 3. The van der Waals surface area contributed by atoms with Crippen molar-refractivity contribution in [1.29, 1.82) is 0 Å². The van der Waals surface area contributed by atoms with Crippen LogP contribution in [0.2, 0.25) is 0 Å². The normalized spacial score (nSPS) is 14.6. The van der Waals surface area contributed by atoms with Crippen LogP contribution in [0.4, 0.5) is 26.8 Å². The standard InChI is InChI=1S/C27H29FN6O2S/c1-3-36-26(35)19-11-14-34(15-12-19)17-18-10-13-29-23(16-18)31-27-30-22-8-9-24(32-25(22)37-27)33(2)21-6-4-20(28)5-7-21/h4-10,13,16,19H,3,11-12,14-15,17H2,1-2H3,(H,29,30,31). The molecular formula is C27H29FN6O2S. The van der Waals surface area contributed by atoms with Crippen LogP contribution in [0.3, 0.4) is 0 Å². The third-order valence-corrected chi connectivity index (χ3v) is 7.35. The second-order valence-electron chi connectivity index (χ2n) is 9.02. The largest absolute Gasteiger partial charge is 0.466 e. The molecule has 1 aliphatic heterocycles. The van der Waals surface area contributed by atoms with Crippen LogP contribution in [0.15, 0.2) is 54.7 Å². The molecule has 10 heteroatoms. The van der Waals surface area contributed by atoms with Crippen molar-refractivity contribution < 1.29 is 13.9 Å². The summed E-state index contributed by atoms with van der Waals surface area (Å²) in [5.74, 6) is 1.14. The molecular weight excluding hydrogens is 491 g/mol. The van der Waals surface area contributed by atoms with Gasteiger partial charge >= 0.3 is 5.97 Å². The zero-order valence-electron chi connectivity index (χ0n) is 20.9. The summed E-state index contributed by atoms with van der Waals surface area (Å²) in [5, 5.41) is 4.03. The highest BCUT2D eigenvalue weighted by molar-refractivity contribution is 7.21. The number of rotatable bonds is 8. The second kappa shape index (κ2) is 11.2. The Labute approximate surface area is 219 Å². The van der Waals surface area contributed by atoms with Crippen molar-refractivity contribution in [2.24, 2.45) is 5.92 Å². The second-order valence-corrected chi connectivity index (χ2v) is 10.0. The summed E-state index contributed by atoms with van der Waals surface area (Å²) in [6, 6.07) is 14.2. The van der Waals surface area contributed by atoms with E-state index in [9.17, 15) is 9.18 Å². The first-order chi connectivity index (χ1) is 18.0. The van der Waals surface area contributed by atoms with Gasteiger partial charge in [0.1, 0.15) is 27.8 Å². The first-order valence-electron chi connectivity index (χ1n) is 12.4. The van der Waals surface area contributed by atoms with Gasteiger partial charge in [0.15, 0.2) is 5.13 Å². The number of ether oxygens (including phenoxy) is 1. The van der Waals surface area contributed by atoms with E-state index >= 15 is 0 Å². The fourth-order valence-corrected chi connectivity index (χ4v) is 5.28. The average molecular weight is 521 g/mol. The Kier molecular flexibility index (Phi) is 7.57. The van der Waals surface area contributed by atoms with Crippen LogP contribution in [0.1, 0.15) is 25.3 Å². The lowest BCUT2D eigenvalue weighted by Gasteiger charge is -2.30. The molecule has 1 aromatic carbocycles. The molecule has 4 heterocycles. The van der Waals surface area contributed by atoms with Crippen LogP contribution in [0.5, 0.6) is 0 Å². The van der Waals surface area contributed by atoms with Crippen LogP contribution in [-0.4, -0.2) is 52.6 Å². The number of hydrogen-bond acceptors (Lipinski definition) is 9. The van der Waals surface area contributed by atoms with Crippen molar-refractivity contribution in [3.8, 4) is 0 Å². The molecule has 1 aliphatic rings. The van der Waals surface area contributed by atoms with Crippen LogP contribution in [-0.2, 0) is 16.1 Å². The van der Waals surface area contributed by atoms with Gasteiger partial charge in [-0.25, -0.2) is 19.3 Å². The molecule has 0 spiro atoms. The van der Waals surface area contributed by atoms with Crippen LogP contribution >= 0.6 is 11.3 Å². The Hall–Kier alpha value is -3.63. The smallest absolute Gasteiger partial charge is 0.309 e.